The number of nitrogens with zero attached hydrogens (tertiary/aromatic N) is 1. The second-order valence-corrected chi connectivity index (χ2v) is 5.62. The molecule has 0 atom stereocenters. The summed E-state index contributed by atoms with van der Waals surface area (Å²) in [5, 5.41) is 6.83. The Morgan fingerprint density at radius 2 is 2.14 bits per heavy atom. The van der Waals surface area contributed by atoms with Crippen LogP contribution in [0, 0.1) is 6.92 Å². The minimum absolute atomic E-state index is 0.236. The lowest BCUT2D eigenvalue weighted by molar-refractivity contribution is 0.102. The molecule has 0 radical (unpaired) electrons. The van der Waals surface area contributed by atoms with Crippen molar-refractivity contribution < 1.29 is 4.79 Å². The number of halogens is 1. The van der Waals surface area contributed by atoms with Gasteiger partial charge in [0.05, 0.1) is 0 Å². The lowest BCUT2D eigenvalue weighted by atomic mass is 10.2. The van der Waals surface area contributed by atoms with Gasteiger partial charge < -0.3 is 10.6 Å². The smallest absolute Gasteiger partial charge is 0.274 e. The summed E-state index contributed by atoms with van der Waals surface area (Å²) in [6, 6.07) is 9.62. The molecule has 1 aromatic heterocycles. The van der Waals surface area contributed by atoms with Crippen molar-refractivity contribution in [1.29, 1.82) is 0 Å². The molecule has 1 aliphatic rings. The zero-order valence-electron chi connectivity index (χ0n) is 11.7. The first-order chi connectivity index (χ1) is 10.1. The zero-order chi connectivity index (χ0) is 14.8. The van der Waals surface area contributed by atoms with Crippen LogP contribution in [0.4, 0.5) is 11.4 Å². The van der Waals surface area contributed by atoms with Crippen LogP contribution in [-0.4, -0.2) is 16.9 Å². The fourth-order valence-corrected chi connectivity index (χ4v) is 2.21. The minimum atomic E-state index is -0.236. The van der Waals surface area contributed by atoms with Gasteiger partial charge in [0.1, 0.15) is 5.69 Å². The molecule has 2 N–H and O–H groups in total. The third-order valence-electron chi connectivity index (χ3n) is 3.46. The molecular weight excluding hydrogens is 286 g/mol. The number of hydrogen-bond donors (Lipinski definition) is 2. The highest BCUT2D eigenvalue weighted by Gasteiger charge is 2.21. The molecule has 0 bridgehead atoms. The summed E-state index contributed by atoms with van der Waals surface area (Å²) >= 11 is 6.06. The van der Waals surface area contributed by atoms with Gasteiger partial charge in [-0.15, -0.1) is 0 Å². The maximum Gasteiger partial charge on any atom is 0.274 e. The lowest BCUT2D eigenvalue weighted by Crippen LogP contribution is -2.15. The molecule has 3 rings (SSSR count). The van der Waals surface area contributed by atoms with E-state index in [1.165, 1.54) is 12.8 Å². The van der Waals surface area contributed by atoms with Crippen molar-refractivity contribution >= 4 is 28.9 Å². The molecule has 4 nitrogen and oxygen atoms in total. The highest BCUT2D eigenvalue weighted by molar-refractivity contribution is 6.31. The number of anilines is 2. The Balaban J connectivity index is 1.76. The molecule has 1 heterocycles. The Morgan fingerprint density at radius 3 is 2.90 bits per heavy atom. The van der Waals surface area contributed by atoms with Crippen molar-refractivity contribution in [1.82, 2.24) is 4.98 Å². The van der Waals surface area contributed by atoms with Gasteiger partial charge in [-0.1, -0.05) is 17.7 Å². The topological polar surface area (TPSA) is 54.0 Å². The van der Waals surface area contributed by atoms with Crippen LogP contribution in [0.2, 0.25) is 5.02 Å². The normalized spacial score (nSPS) is 13.8. The monoisotopic (exact) mass is 301 g/mol. The molecule has 2 aromatic rings. The Kier molecular flexibility index (Phi) is 3.80. The summed E-state index contributed by atoms with van der Waals surface area (Å²) in [5.74, 6) is -0.236. The third-order valence-corrected chi connectivity index (χ3v) is 3.87. The van der Waals surface area contributed by atoms with E-state index in [9.17, 15) is 4.79 Å². The van der Waals surface area contributed by atoms with E-state index < -0.39 is 0 Å². The van der Waals surface area contributed by atoms with E-state index in [-0.39, 0.29) is 5.91 Å². The number of benzene rings is 1. The summed E-state index contributed by atoms with van der Waals surface area (Å²) < 4.78 is 0. The number of rotatable bonds is 4. The first kappa shape index (κ1) is 13.9. The van der Waals surface area contributed by atoms with Crippen molar-refractivity contribution in [3.8, 4) is 0 Å². The van der Waals surface area contributed by atoms with Crippen molar-refractivity contribution in [3.05, 3.63) is 52.8 Å². The molecule has 1 saturated carbocycles. The quantitative estimate of drug-likeness (QED) is 0.901. The Hall–Kier alpha value is -2.07. The predicted molar refractivity (Wildman–Crippen MR) is 85.0 cm³/mol. The van der Waals surface area contributed by atoms with E-state index in [0.717, 1.165) is 11.3 Å². The molecule has 21 heavy (non-hydrogen) atoms. The van der Waals surface area contributed by atoms with E-state index >= 15 is 0 Å². The number of aromatic nitrogens is 1. The van der Waals surface area contributed by atoms with E-state index in [4.69, 9.17) is 11.6 Å². The fourth-order valence-electron chi connectivity index (χ4n) is 2.04. The van der Waals surface area contributed by atoms with Crippen LogP contribution in [0.1, 0.15) is 28.9 Å². The van der Waals surface area contributed by atoms with Crippen LogP contribution in [0.15, 0.2) is 36.5 Å². The maximum absolute atomic E-state index is 12.3. The molecule has 0 unspecified atom stereocenters. The minimum Gasteiger partial charge on any atom is -0.382 e. The summed E-state index contributed by atoms with van der Waals surface area (Å²) in [5.41, 5.74) is 2.87. The van der Waals surface area contributed by atoms with E-state index in [0.29, 0.717) is 22.4 Å². The maximum atomic E-state index is 12.3. The zero-order valence-corrected chi connectivity index (χ0v) is 12.4. The van der Waals surface area contributed by atoms with Crippen molar-refractivity contribution in [2.24, 2.45) is 0 Å². The SMILES string of the molecule is Cc1c(Cl)cccc1NC(=O)c1cc(NC2CC2)ccn1. The van der Waals surface area contributed by atoms with E-state index in [2.05, 4.69) is 15.6 Å². The third kappa shape index (κ3) is 3.34. The number of pyridine rings is 1. The van der Waals surface area contributed by atoms with Gasteiger partial charge in [0, 0.05) is 28.6 Å². The number of carbonyl (C=O) groups excluding carboxylic acids is 1. The first-order valence-corrected chi connectivity index (χ1v) is 7.30. The summed E-state index contributed by atoms with van der Waals surface area (Å²) in [6.45, 7) is 1.87. The fraction of sp³-hybridized carbons (Fsp3) is 0.250. The molecule has 1 amide bonds. The molecule has 5 heteroatoms. The number of amides is 1. The molecule has 0 spiro atoms. The Morgan fingerprint density at radius 1 is 1.33 bits per heavy atom. The second-order valence-electron chi connectivity index (χ2n) is 5.21. The van der Waals surface area contributed by atoms with Gasteiger partial charge in [-0.2, -0.15) is 0 Å². The molecular formula is C16H16ClN3O. The highest BCUT2D eigenvalue weighted by Crippen LogP contribution is 2.25. The van der Waals surface area contributed by atoms with Gasteiger partial charge in [-0.25, -0.2) is 0 Å². The van der Waals surface area contributed by atoms with Gasteiger partial charge in [-0.3, -0.25) is 9.78 Å². The molecule has 0 aliphatic heterocycles. The van der Waals surface area contributed by atoms with Crippen molar-refractivity contribution in [2.75, 3.05) is 10.6 Å². The number of nitrogens with one attached hydrogen (secondary N) is 2. The molecule has 108 valence electrons. The second kappa shape index (κ2) is 5.74. The van der Waals surface area contributed by atoms with Crippen LogP contribution >= 0.6 is 11.6 Å². The van der Waals surface area contributed by atoms with Crippen LogP contribution in [0.3, 0.4) is 0 Å². The summed E-state index contributed by atoms with van der Waals surface area (Å²) in [4.78, 5) is 16.4. The summed E-state index contributed by atoms with van der Waals surface area (Å²) in [6.07, 6.45) is 4.02. The van der Waals surface area contributed by atoms with Gasteiger partial charge in [0.15, 0.2) is 0 Å². The largest absolute Gasteiger partial charge is 0.382 e. The van der Waals surface area contributed by atoms with Crippen LogP contribution < -0.4 is 10.6 Å². The molecule has 1 aromatic carbocycles. The number of carbonyl (C=O) groups is 1. The average molecular weight is 302 g/mol. The first-order valence-electron chi connectivity index (χ1n) is 6.92. The standard InChI is InChI=1S/C16H16ClN3O/c1-10-13(17)3-2-4-14(10)20-16(21)15-9-12(7-8-18-15)19-11-5-6-11/h2-4,7-9,11H,5-6H2,1H3,(H,18,19)(H,20,21). The average Bonchev–Trinajstić information content (AvgIpc) is 3.28. The van der Waals surface area contributed by atoms with Gasteiger partial charge in [0.2, 0.25) is 0 Å². The van der Waals surface area contributed by atoms with Crippen molar-refractivity contribution in [2.45, 2.75) is 25.8 Å². The molecule has 1 aliphatic carbocycles. The Labute approximate surface area is 128 Å². The van der Waals surface area contributed by atoms with Crippen molar-refractivity contribution in [3.63, 3.8) is 0 Å². The molecule has 1 fully saturated rings. The van der Waals surface area contributed by atoms with Crippen LogP contribution in [-0.2, 0) is 0 Å². The van der Waals surface area contributed by atoms with Crippen LogP contribution in [0.5, 0.6) is 0 Å². The van der Waals surface area contributed by atoms with E-state index in [1.807, 2.05) is 25.1 Å². The summed E-state index contributed by atoms with van der Waals surface area (Å²) in [7, 11) is 0. The number of hydrogen-bond acceptors (Lipinski definition) is 3. The van der Waals surface area contributed by atoms with Gasteiger partial charge in [-0.05, 0) is 49.6 Å². The highest BCUT2D eigenvalue weighted by atomic mass is 35.5. The predicted octanol–water partition coefficient (Wildman–Crippen LogP) is 3.87. The molecule has 0 saturated heterocycles. The van der Waals surface area contributed by atoms with Gasteiger partial charge >= 0.3 is 0 Å². The van der Waals surface area contributed by atoms with Gasteiger partial charge in [0.25, 0.3) is 5.91 Å². The van der Waals surface area contributed by atoms with E-state index in [1.54, 1.807) is 18.3 Å². The van der Waals surface area contributed by atoms with Crippen LogP contribution in [0.25, 0.3) is 0 Å². The lowest BCUT2D eigenvalue weighted by Gasteiger charge is -2.10. The Bertz CT molecular complexity index is 683.